The summed E-state index contributed by atoms with van der Waals surface area (Å²) < 4.78 is 11.7. The van der Waals surface area contributed by atoms with E-state index in [0.717, 1.165) is 131 Å². The highest BCUT2D eigenvalue weighted by molar-refractivity contribution is 7.26. The van der Waals surface area contributed by atoms with Crippen molar-refractivity contribution in [3.63, 3.8) is 0 Å². The summed E-state index contributed by atoms with van der Waals surface area (Å²) >= 11 is 1.78. The van der Waals surface area contributed by atoms with E-state index in [1.807, 2.05) is 0 Å². The summed E-state index contributed by atoms with van der Waals surface area (Å²) in [5.41, 5.74) is 13.1. The number of para-hydroxylation sites is 6. The minimum Gasteiger partial charge on any atom is -0.306 e. The Labute approximate surface area is 478 Å². The van der Waals surface area contributed by atoms with Crippen LogP contribution in [0.1, 0.15) is 11.1 Å². The number of hydrogen-bond donors (Lipinski definition) is 0. The van der Waals surface area contributed by atoms with Gasteiger partial charge in [-0.3, -0.25) is 0 Å². The van der Waals surface area contributed by atoms with E-state index in [4.69, 9.17) is 0 Å². The average Bonchev–Trinajstić information content (AvgIpc) is 2.19. The number of nitrogens with zero attached hydrogens (tertiary/aromatic N) is 6. The van der Waals surface area contributed by atoms with Gasteiger partial charge in [0.25, 0.3) is 0 Å². The number of fused-ring (bicyclic) bond motifs is 19. The van der Waals surface area contributed by atoms with Crippen LogP contribution in [0.3, 0.4) is 0 Å². The third kappa shape index (κ3) is 6.07. The Kier molecular flexibility index (Phi) is 9.42. The number of hydrogen-bond acceptors (Lipinski definition) is 3. The van der Waals surface area contributed by atoms with Gasteiger partial charge in [-0.15, -0.1) is 11.3 Å². The van der Waals surface area contributed by atoms with Crippen molar-refractivity contribution >= 4 is 140 Å². The maximum atomic E-state index is 12.7. The Hall–Kier alpha value is -11.2. The van der Waals surface area contributed by atoms with Gasteiger partial charge in [-0.05, 0) is 87.3 Å². The fourth-order valence-electron chi connectivity index (χ4n) is 14.3. The first-order chi connectivity index (χ1) is 41.2. The Morgan fingerprint density at radius 2 is 0.663 bits per heavy atom. The summed E-state index contributed by atoms with van der Waals surface area (Å²) in [6.07, 6.45) is 0. The highest BCUT2D eigenvalue weighted by atomic mass is 32.1. The molecule has 0 saturated carbocycles. The van der Waals surface area contributed by atoms with Gasteiger partial charge in [0.1, 0.15) is 12.1 Å². The minimum atomic E-state index is 0.268. The minimum absolute atomic E-state index is 0.268. The van der Waals surface area contributed by atoms with Crippen LogP contribution in [0.15, 0.2) is 255 Å². The molecule has 0 atom stereocenters. The molecule has 13 aromatic carbocycles. The molecule has 6 nitrogen and oxygen atoms in total. The summed E-state index contributed by atoms with van der Waals surface area (Å²) in [5.74, 6) is 0. The Morgan fingerprint density at radius 3 is 1.17 bits per heavy atom. The van der Waals surface area contributed by atoms with Crippen molar-refractivity contribution in [2.45, 2.75) is 0 Å². The standard InChI is InChI=1S/C76H42N6S/c77-43-60-61(44-78)72(82-68-38-19-31-56(59-42-45-20-1-2-21-46(45)47-22-3-4-23-48(47)59)70(68)58-41-40-57-55-30-11-18-39-69(55)83-76(57)73(58)82)75(81-66-36-16-9-28-53(66)54-29-10-17-37-67(54)81)74(80-64-34-14-7-26-51(64)52-27-8-15-35-65(52)80)71(60)79-62-32-12-5-24-49(62)50-25-6-13-33-63(50)79/h1-42H. The Morgan fingerprint density at radius 1 is 0.277 bits per heavy atom. The molecule has 0 unspecified atom stereocenters. The van der Waals surface area contributed by atoms with Gasteiger partial charge in [-0.2, -0.15) is 10.5 Å². The van der Waals surface area contributed by atoms with E-state index in [-0.39, 0.29) is 11.1 Å². The smallest absolute Gasteiger partial charge is 0.103 e. The lowest BCUT2D eigenvalue weighted by Gasteiger charge is -2.27. The van der Waals surface area contributed by atoms with Crippen molar-refractivity contribution in [3.8, 4) is 46.0 Å². The van der Waals surface area contributed by atoms with E-state index in [1.54, 1.807) is 11.3 Å². The van der Waals surface area contributed by atoms with E-state index >= 15 is 0 Å². The van der Waals surface area contributed by atoms with Crippen LogP contribution in [0.2, 0.25) is 0 Å². The predicted octanol–water partition coefficient (Wildman–Crippen LogP) is 20.2. The quantitative estimate of drug-likeness (QED) is 0.161. The van der Waals surface area contributed by atoms with Gasteiger partial charge in [0.2, 0.25) is 0 Å². The lowest BCUT2D eigenvalue weighted by Crippen LogP contribution is -2.17. The highest BCUT2D eigenvalue weighted by Crippen LogP contribution is 2.52. The molecular weight excluding hydrogens is 1030 g/mol. The van der Waals surface area contributed by atoms with Crippen LogP contribution in [0.5, 0.6) is 0 Å². The van der Waals surface area contributed by atoms with Crippen LogP contribution in [0, 0.1) is 22.7 Å². The Bertz CT molecular complexity index is 5820. The zero-order chi connectivity index (χ0) is 54.6. The molecular formula is C76H42N6S. The second-order valence-corrected chi connectivity index (χ2v) is 22.7. The van der Waals surface area contributed by atoms with Gasteiger partial charge in [0.15, 0.2) is 0 Å². The second-order valence-electron chi connectivity index (χ2n) is 21.6. The monoisotopic (exact) mass is 1070 g/mol. The second kappa shape index (κ2) is 17.1. The van der Waals surface area contributed by atoms with Gasteiger partial charge in [0.05, 0.1) is 82.7 Å². The maximum absolute atomic E-state index is 12.7. The molecule has 382 valence electrons. The molecule has 0 spiro atoms. The molecule has 5 aromatic heterocycles. The topological polar surface area (TPSA) is 67.3 Å². The number of benzene rings is 13. The number of aromatic nitrogens is 4. The molecule has 0 N–H and O–H groups in total. The van der Waals surface area contributed by atoms with Crippen molar-refractivity contribution in [1.82, 2.24) is 18.3 Å². The molecule has 83 heavy (non-hydrogen) atoms. The van der Waals surface area contributed by atoms with E-state index in [9.17, 15) is 10.5 Å². The van der Waals surface area contributed by atoms with E-state index in [1.165, 1.54) is 20.9 Å². The van der Waals surface area contributed by atoms with Crippen molar-refractivity contribution in [2.75, 3.05) is 0 Å². The summed E-state index contributed by atoms with van der Waals surface area (Å²) in [6.45, 7) is 0. The molecule has 0 saturated heterocycles. The molecule has 0 radical (unpaired) electrons. The molecule has 7 heteroatoms. The molecule has 5 heterocycles. The van der Waals surface area contributed by atoms with Crippen molar-refractivity contribution in [3.05, 3.63) is 266 Å². The third-order valence-corrected chi connectivity index (χ3v) is 18.8. The molecule has 0 bridgehead atoms. The lowest BCUT2D eigenvalue weighted by atomic mass is 9.91. The molecule has 0 aliphatic rings. The highest BCUT2D eigenvalue weighted by Gasteiger charge is 2.35. The SMILES string of the molecule is N#Cc1c(C#N)c(-n2c3cccc(-c4cc5ccccc5c5ccccc45)c3c3ccc4c5ccccc5sc4c32)c(-n2c3ccccc3c3ccccc32)c(-n2c3ccccc3c3ccccc32)c1-n1c2ccccc2c2ccccc21. The van der Waals surface area contributed by atoms with Crippen LogP contribution in [-0.2, 0) is 0 Å². The van der Waals surface area contributed by atoms with Gasteiger partial charge < -0.3 is 18.3 Å². The molecule has 0 amide bonds. The van der Waals surface area contributed by atoms with Crippen molar-refractivity contribution in [1.29, 1.82) is 10.5 Å². The predicted molar refractivity (Wildman–Crippen MR) is 347 cm³/mol. The molecule has 0 aliphatic carbocycles. The normalized spacial score (nSPS) is 12.1. The number of thiophene rings is 1. The third-order valence-electron chi connectivity index (χ3n) is 17.6. The summed E-state index contributed by atoms with van der Waals surface area (Å²) in [7, 11) is 0. The summed E-state index contributed by atoms with van der Waals surface area (Å²) in [4.78, 5) is 0. The van der Waals surface area contributed by atoms with Crippen molar-refractivity contribution < 1.29 is 0 Å². The van der Waals surface area contributed by atoms with Crippen LogP contribution in [0.4, 0.5) is 0 Å². The average molecular weight is 1070 g/mol. The van der Waals surface area contributed by atoms with Crippen LogP contribution in [0.25, 0.3) is 163 Å². The number of rotatable bonds is 5. The summed E-state index contributed by atoms with van der Waals surface area (Å²) in [6, 6.07) is 96.9. The molecule has 18 rings (SSSR count). The Balaban J connectivity index is 1.16. The van der Waals surface area contributed by atoms with Crippen LogP contribution in [-0.4, -0.2) is 18.3 Å². The fourth-order valence-corrected chi connectivity index (χ4v) is 15.6. The van der Waals surface area contributed by atoms with E-state index in [0.29, 0.717) is 11.4 Å². The number of nitriles is 2. The zero-order valence-electron chi connectivity index (χ0n) is 44.3. The largest absolute Gasteiger partial charge is 0.306 e. The van der Waals surface area contributed by atoms with Crippen LogP contribution < -0.4 is 0 Å². The molecule has 18 aromatic rings. The zero-order valence-corrected chi connectivity index (χ0v) is 45.2. The molecule has 0 aliphatic heterocycles. The molecule has 0 fully saturated rings. The van der Waals surface area contributed by atoms with Gasteiger partial charge in [-0.25, -0.2) is 0 Å². The van der Waals surface area contributed by atoms with E-state index in [2.05, 4.69) is 285 Å². The van der Waals surface area contributed by atoms with Gasteiger partial charge >= 0.3 is 0 Å². The van der Waals surface area contributed by atoms with Gasteiger partial charge in [0, 0.05) is 58.6 Å². The maximum Gasteiger partial charge on any atom is 0.103 e. The first kappa shape index (κ1) is 45.6. The lowest BCUT2D eigenvalue weighted by molar-refractivity contribution is 1.01. The van der Waals surface area contributed by atoms with E-state index < -0.39 is 0 Å². The first-order valence-corrected chi connectivity index (χ1v) is 28.8. The van der Waals surface area contributed by atoms with Crippen LogP contribution >= 0.6 is 11.3 Å². The van der Waals surface area contributed by atoms with Gasteiger partial charge in [-0.1, -0.05) is 200 Å². The van der Waals surface area contributed by atoms with Crippen molar-refractivity contribution in [2.24, 2.45) is 0 Å². The summed E-state index contributed by atoms with van der Waals surface area (Å²) in [5, 5.41) is 40.7. The fraction of sp³-hybridized carbons (Fsp3) is 0. The first-order valence-electron chi connectivity index (χ1n) is 28.0.